The maximum atomic E-state index is 12.8. The summed E-state index contributed by atoms with van der Waals surface area (Å²) in [4.78, 5) is 11.9. The summed E-state index contributed by atoms with van der Waals surface area (Å²) in [5.74, 6) is -0.310. The fourth-order valence-electron chi connectivity index (χ4n) is 1.51. The van der Waals surface area contributed by atoms with E-state index in [1.807, 2.05) is 0 Å². The predicted octanol–water partition coefficient (Wildman–Crippen LogP) is 2.95. The summed E-state index contributed by atoms with van der Waals surface area (Å²) in [7, 11) is 1.68. The zero-order valence-electron chi connectivity index (χ0n) is 8.58. The van der Waals surface area contributed by atoms with E-state index in [0.29, 0.717) is 11.1 Å². The van der Waals surface area contributed by atoms with Gasteiger partial charge in [-0.25, -0.2) is 4.39 Å². The van der Waals surface area contributed by atoms with Gasteiger partial charge in [0.05, 0.1) is 0 Å². The highest BCUT2D eigenvalue weighted by molar-refractivity contribution is 9.10. The van der Waals surface area contributed by atoms with Crippen LogP contribution in [0.4, 0.5) is 4.39 Å². The minimum atomic E-state index is -0.310. The number of halogens is 2. The Balaban J connectivity index is 2.64. The van der Waals surface area contributed by atoms with Crippen molar-refractivity contribution in [2.75, 3.05) is 0 Å². The molecular weight excluding hydrogens is 273 g/mol. The van der Waals surface area contributed by atoms with Crippen molar-refractivity contribution < 1.29 is 4.39 Å². The summed E-state index contributed by atoms with van der Waals surface area (Å²) in [5.41, 5.74) is 1.16. The molecule has 0 aliphatic heterocycles. The molecule has 2 aromatic rings. The van der Waals surface area contributed by atoms with E-state index in [0.717, 1.165) is 4.47 Å². The Morgan fingerprint density at radius 1 is 1.25 bits per heavy atom. The van der Waals surface area contributed by atoms with E-state index in [1.165, 1.54) is 16.7 Å². The van der Waals surface area contributed by atoms with Crippen LogP contribution in [0.1, 0.15) is 0 Å². The van der Waals surface area contributed by atoms with Crippen LogP contribution in [-0.2, 0) is 7.05 Å². The van der Waals surface area contributed by atoms with E-state index >= 15 is 0 Å². The Kier molecular flexibility index (Phi) is 2.92. The Morgan fingerprint density at radius 2 is 1.88 bits per heavy atom. The molecule has 1 aromatic heterocycles. The molecule has 0 N–H and O–H groups in total. The highest BCUT2D eigenvalue weighted by Crippen LogP contribution is 2.19. The highest BCUT2D eigenvalue weighted by atomic mass is 79.9. The molecule has 82 valence electrons. The first-order valence-electron chi connectivity index (χ1n) is 4.70. The first-order valence-corrected chi connectivity index (χ1v) is 5.49. The highest BCUT2D eigenvalue weighted by Gasteiger charge is 2.06. The SMILES string of the molecule is Cn1cc(Br)cc(-c2ccc(F)cc2)c1=O. The van der Waals surface area contributed by atoms with E-state index in [1.54, 1.807) is 31.4 Å². The summed E-state index contributed by atoms with van der Waals surface area (Å²) < 4.78 is 15.1. The van der Waals surface area contributed by atoms with Crippen molar-refractivity contribution in [2.24, 2.45) is 7.05 Å². The average molecular weight is 282 g/mol. The van der Waals surface area contributed by atoms with Crippen LogP contribution in [0.15, 0.2) is 45.8 Å². The van der Waals surface area contributed by atoms with Crippen molar-refractivity contribution in [1.29, 1.82) is 0 Å². The lowest BCUT2D eigenvalue weighted by Crippen LogP contribution is -2.17. The van der Waals surface area contributed by atoms with Crippen LogP contribution in [0.3, 0.4) is 0 Å². The molecule has 0 spiro atoms. The van der Waals surface area contributed by atoms with Crippen molar-refractivity contribution in [1.82, 2.24) is 4.57 Å². The van der Waals surface area contributed by atoms with Gasteiger partial charge in [-0.2, -0.15) is 0 Å². The van der Waals surface area contributed by atoms with E-state index in [4.69, 9.17) is 0 Å². The van der Waals surface area contributed by atoms with Crippen molar-refractivity contribution in [3.8, 4) is 11.1 Å². The molecule has 0 aliphatic carbocycles. The molecule has 0 atom stereocenters. The Labute approximate surface area is 100 Å². The maximum absolute atomic E-state index is 12.8. The zero-order chi connectivity index (χ0) is 11.7. The van der Waals surface area contributed by atoms with Crippen molar-refractivity contribution in [2.45, 2.75) is 0 Å². The third kappa shape index (κ3) is 2.07. The third-order valence-electron chi connectivity index (χ3n) is 2.31. The van der Waals surface area contributed by atoms with Crippen LogP contribution in [0.5, 0.6) is 0 Å². The van der Waals surface area contributed by atoms with Gasteiger partial charge in [0.25, 0.3) is 5.56 Å². The standard InChI is InChI=1S/C12H9BrFNO/c1-15-7-9(13)6-11(12(15)16)8-2-4-10(14)5-3-8/h2-7H,1H3. The van der Waals surface area contributed by atoms with Gasteiger partial charge in [0.1, 0.15) is 5.82 Å². The van der Waals surface area contributed by atoms with E-state index in [-0.39, 0.29) is 11.4 Å². The fraction of sp³-hybridized carbons (Fsp3) is 0.0833. The molecule has 1 aromatic carbocycles. The number of pyridine rings is 1. The molecule has 0 amide bonds. The maximum Gasteiger partial charge on any atom is 0.258 e. The van der Waals surface area contributed by atoms with Gasteiger partial charge in [0, 0.05) is 23.3 Å². The molecule has 0 fully saturated rings. The number of rotatable bonds is 1. The molecule has 0 unspecified atom stereocenters. The largest absolute Gasteiger partial charge is 0.317 e. The van der Waals surface area contributed by atoms with Gasteiger partial charge < -0.3 is 4.57 Å². The van der Waals surface area contributed by atoms with E-state index in [9.17, 15) is 9.18 Å². The number of nitrogens with zero attached hydrogens (tertiary/aromatic N) is 1. The van der Waals surface area contributed by atoms with Crippen LogP contribution >= 0.6 is 15.9 Å². The summed E-state index contributed by atoms with van der Waals surface area (Å²) >= 11 is 3.33. The second-order valence-corrected chi connectivity index (χ2v) is 4.41. The fourth-order valence-corrected chi connectivity index (χ4v) is 2.04. The molecule has 0 saturated heterocycles. The minimum absolute atomic E-state index is 0.102. The smallest absolute Gasteiger partial charge is 0.258 e. The van der Waals surface area contributed by atoms with Crippen LogP contribution in [0.2, 0.25) is 0 Å². The first kappa shape index (κ1) is 11.1. The molecule has 2 nitrogen and oxygen atoms in total. The molecule has 4 heteroatoms. The van der Waals surface area contributed by atoms with Crippen molar-refractivity contribution >= 4 is 15.9 Å². The summed E-state index contributed by atoms with van der Waals surface area (Å²) in [6.07, 6.45) is 1.69. The van der Waals surface area contributed by atoms with Gasteiger partial charge in [-0.1, -0.05) is 12.1 Å². The lowest BCUT2D eigenvalue weighted by atomic mass is 10.1. The van der Waals surface area contributed by atoms with E-state index < -0.39 is 0 Å². The van der Waals surface area contributed by atoms with Crippen molar-refractivity contribution in [3.63, 3.8) is 0 Å². The molecule has 2 rings (SSSR count). The third-order valence-corrected chi connectivity index (χ3v) is 2.74. The number of aromatic nitrogens is 1. The topological polar surface area (TPSA) is 22.0 Å². The van der Waals surface area contributed by atoms with Gasteiger partial charge in [0.2, 0.25) is 0 Å². The quantitative estimate of drug-likeness (QED) is 0.788. The Hall–Kier alpha value is -1.42. The molecule has 0 aliphatic rings. The monoisotopic (exact) mass is 281 g/mol. The Bertz CT molecular complexity index is 575. The lowest BCUT2D eigenvalue weighted by molar-refractivity contribution is 0.628. The predicted molar refractivity (Wildman–Crippen MR) is 64.8 cm³/mol. The van der Waals surface area contributed by atoms with Crippen LogP contribution in [0.25, 0.3) is 11.1 Å². The van der Waals surface area contributed by atoms with E-state index in [2.05, 4.69) is 15.9 Å². The lowest BCUT2D eigenvalue weighted by Gasteiger charge is -2.04. The number of hydrogen-bond acceptors (Lipinski definition) is 1. The molecular formula is C12H9BrFNO. The molecule has 1 heterocycles. The van der Waals surface area contributed by atoms with Gasteiger partial charge in [-0.3, -0.25) is 4.79 Å². The number of benzene rings is 1. The molecule has 16 heavy (non-hydrogen) atoms. The molecule has 0 bridgehead atoms. The summed E-state index contributed by atoms with van der Waals surface area (Å²) in [6, 6.07) is 7.61. The van der Waals surface area contributed by atoms with Crippen LogP contribution in [0, 0.1) is 5.82 Å². The minimum Gasteiger partial charge on any atom is -0.317 e. The zero-order valence-corrected chi connectivity index (χ0v) is 10.2. The van der Waals surface area contributed by atoms with Gasteiger partial charge >= 0.3 is 0 Å². The molecule has 0 radical (unpaired) electrons. The first-order chi connectivity index (χ1) is 7.58. The normalized spacial score (nSPS) is 10.4. The van der Waals surface area contributed by atoms with Gasteiger partial charge in [-0.05, 0) is 39.7 Å². The van der Waals surface area contributed by atoms with Crippen LogP contribution in [-0.4, -0.2) is 4.57 Å². The van der Waals surface area contributed by atoms with Gasteiger partial charge in [0.15, 0.2) is 0 Å². The van der Waals surface area contributed by atoms with Gasteiger partial charge in [-0.15, -0.1) is 0 Å². The number of hydrogen-bond donors (Lipinski definition) is 0. The second kappa shape index (κ2) is 4.22. The number of aryl methyl sites for hydroxylation is 1. The summed E-state index contributed by atoms with van der Waals surface area (Å²) in [5, 5.41) is 0. The summed E-state index contributed by atoms with van der Waals surface area (Å²) in [6.45, 7) is 0. The Morgan fingerprint density at radius 3 is 2.50 bits per heavy atom. The average Bonchev–Trinajstić information content (AvgIpc) is 2.25. The molecule has 0 saturated carbocycles. The second-order valence-electron chi connectivity index (χ2n) is 3.49. The van der Waals surface area contributed by atoms with Crippen LogP contribution < -0.4 is 5.56 Å². The van der Waals surface area contributed by atoms with Crippen molar-refractivity contribution in [3.05, 3.63) is 57.2 Å².